The Balaban J connectivity index is 2.08. The van der Waals surface area contributed by atoms with Crippen LogP contribution in [-0.2, 0) is 9.53 Å². The summed E-state index contributed by atoms with van der Waals surface area (Å²) in [5.41, 5.74) is -1.48. The van der Waals surface area contributed by atoms with Gasteiger partial charge < -0.3 is 18.9 Å². The second-order valence-corrected chi connectivity index (χ2v) is 6.77. The van der Waals surface area contributed by atoms with Gasteiger partial charge in [0.25, 0.3) is 0 Å². The molecule has 7 heteroatoms. The molecular formula is C19H21ClO6. The summed E-state index contributed by atoms with van der Waals surface area (Å²) in [4.78, 5) is 26.2. The van der Waals surface area contributed by atoms with Gasteiger partial charge in [-0.1, -0.05) is 25.4 Å². The van der Waals surface area contributed by atoms with Crippen LogP contribution in [0.5, 0.6) is 17.2 Å². The second kappa shape index (κ2) is 6.83. The van der Waals surface area contributed by atoms with E-state index in [1.165, 1.54) is 26.4 Å². The summed E-state index contributed by atoms with van der Waals surface area (Å²) in [6, 6.07) is 1.52. The van der Waals surface area contributed by atoms with Crippen molar-refractivity contribution in [3.8, 4) is 17.2 Å². The molecule has 3 rings (SSSR count). The first-order valence-corrected chi connectivity index (χ1v) is 8.84. The van der Waals surface area contributed by atoms with Crippen molar-refractivity contribution in [2.45, 2.75) is 32.3 Å². The molecule has 0 unspecified atom stereocenters. The van der Waals surface area contributed by atoms with E-state index in [2.05, 4.69) is 0 Å². The standard InChI is InChI=1S/C19H21ClO6/c1-5-6-25-11-7-10(2)19(14(21)8-11)18(22)15-12(23-3)9-13(24-4)16(20)17(15)26-19/h8-10H,5-7H2,1-4H3/t10-,19+/m1/s1. The number of benzene rings is 1. The Hall–Kier alpha value is -2.21. The number of carbonyl (C=O) groups is 2. The van der Waals surface area contributed by atoms with Crippen molar-refractivity contribution < 1.29 is 28.5 Å². The van der Waals surface area contributed by atoms with Gasteiger partial charge >= 0.3 is 0 Å². The molecule has 0 radical (unpaired) electrons. The van der Waals surface area contributed by atoms with E-state index in [4.69, 9.17) is 30.5 Å². The number of rotatable bonds is 5. The lowest BCUT2D eigenvalue weighted by atomic mass is 9.74. The monoisotopic (exact) mass is 380 g/mol. The number of hydrogen-bond donors (Lipinski definition) is 0. The Morgan fingerprint density at radius 2 is 1.96 bits per heavy atom. The highest BCUT2D eigenvalue weighted by Crippen LogP contribution is 2.53. The number of ether oxygens (including phenoxy) is 4. The van der Waals surface area contributed by atoms with Crippen molar-refractivity contribution in [3.05, 3.63) is 28.5 Å². The van der Waals surface area contributed by atoms with Crippen LogP contribution in [0.2, 0.25) is 5.02 Å². The van der Waals surface area contributed by atoms with Crippen LogP contribution in [0.4, 0.5) is 0 Å². The van der Waals surface area contributed by atoms with Crippen LogP contribution in [0, 0.1) is 5.92 Å². The zero-order valence-electron chi connectivity index (χ0n) is 15.2. The molecule has 0 fully saturated rings. The van der Waals surface area contributed by atoms with E-state index >= 15 is 0 Å². The topological polar surface area (TPSA) is 71.1 Å². The SMILES string of the molecule is CCCOC1=CC(=O)[C@@]2(Oc3c(Cl)c(OC)cc(OC)c3C2=O)[C@H](C)C1. The molecule has 1 aromatic rings. The van der Waals surface area contributed by atoms with Gasteiger partial charge in [-0.15, -0.1) is 0 Å². The molecule has 1 aliphatic heterocycles. The van der Waals surface area contributed by atoms with Crippen molar-refractivity contribution in [2.24, 2.45) is 5.92 Å². The summed E-state index contributed by atoms with van der Waals surface area (Å²) in [6.07, 6.45) is 2.61. The number of Topliss-reactive ketones (excluding diaryl/α,β-unsaturated/α-hetero) is 1. The first kappa shape index (κ1) is 18.6. The van der Waals surface area contributed by atoms with Crippen LogP contribution in [-0.4, -0.2) is 38.0 Å². The van der Waals surface area contributed by atoms with E-state index in [9.17, 15) is 9.59 Å². The number of ketones is 2. The maximum Gasteiger partial charge on any atom is 0.236 e. The average molecular weight is 381 g/mol. The Morgan fingerprint density at radius 1 is 1.27 bits per heavy atom. The van der Waals surface area contributed by atoms with Crippen LogP contribution < -0.4 is 14.2 Å². The molecule has 6 nitrogen and oxygen atoms in total. The molecule has 2 atom stereocenters. The highest BCUT2D eigenvalue weighted by Gasteiger charge is 2.60. The van der Waals surface area contributed by atoms with E-state index in [1.807, 2.05) is 6.92 Å². The smallest absolute Gasteiger partial charge is 0.236 e. The van der Waals surface area contributed by atoms with E-state index in [1.54, 1.807) is 6.92 Å². The van der Waals surface area contributed by atoms with Gasteiger partial charge in [0.2, 0.25) is 17.2 Å². The van der Waals surface area contributed by atoms with Gasteiger partial charge in [0.05, 0.1) is 20.8 Å². The van der Waals surface area contributed by atoms with Crippen LogP contribution in [0.1, 0.15) is 37.0 Å². The molecule has 0 N–H and O–H groups in total. The fourth-order valence-electron chi connectivity index (χ4n) is 3.42. The van der Waals surface area contributed by atoms with Crippen LogP contribution in [0.15, 0.2) is 17.9 Å². The highest BCUT2D eigenvalue weighted by molar-refractivity contribution is 6.36. The van der Waals surface area contributed by atoms with Crippen molar-refractivity contribution in [2.75, 3.05) is 20.8 Å². The zero-order chi connectivity index (χ0) is 19.1. The van der Waals surface area contributed by atoms with Crippen molar-refractivity contribution in [1.82, 2.24) is 0 Å². The Labute approximate surface area is 157 Å². The lowest BCUT2D eigenvalue weighted by Crippen LogP contribution is -2.54. The molecule has 1 heterocycles. The van der Waals surface area contributed by atoms with Crippen LogP contribution >= 0.6 is 11.6 Å². The number of allylic oxidation sites excluding steroid dienone is 1. The Kier molecular flexibility index (Phi) is 4.88. The Bertz CT molecular complexity index is 800. The van der Waals surface area contributed by atoms with Gasteiger partial charge in [0.15, 0.2) is 5.75 Å². The first-order chi connectivity index (χ1) is 12.4. The molecule has 26 heavy (non-hydrogen) atoms. The van der Waals surface area contributed by atoms with E-state index in [0.717, 1.165) is 6.42 Å². The van der Waals surface area contributed by atoms with Crippen LogP contribution in [0.3, 0.4) is 0 Å². The molecular weight excluding hydrogens is 360 g/mol. The summed E-state index contributed by atoms with van der Waals surface area (Å²) in [5, 5.41) is 0.144. The third-order valence-corrected chi connectivity index (χ3v) is 5.13. The van der Waals surface area contributed by atoms with Gasteiger partial charge in [0, 0.05) is 24.5 Å². The van der Waals surface area contributed by atoms with Crippen molar-refractivity contribution in [3.63, 3.8) is 0 Å². The molecule has 140 valence electrons. The summed E-state index contributed by atoms with van der Waals surface area (Å²) >= 11 is 6.33. The van der Waals surface area contributed by atoms with E-state index in [0.29, 0.717) is 24.5 Å². The fraction of sp³-hybridized carbons (Fsp3) is 0.474. The summed E-state index contributed by atoms with van der Waals surface area (Å²) in [6.45, 7) is 4.30. The molecule has 0 bridgehead atoms. The maximum atomic E-state index is 13.3. The largest absolute Gasteiger partial charge is 0.498 e. The third kappa shape index (κ3) is 2.55. The van der Waals surface area contributed by atoms with Crippen molar-refractivity contribution in [1.29, 1.82) is 0 Å². The zero-order valence-corrected chi connectivity index (χ0v) is 15.9. The van der Waals surface area contributed by atoms with Gasteiger partial charge in [-0.3, -0.25) is 9.59 Å². The average Bonchev–Trinajstić information content (AvgIpc) is 2.94. The minimum atomic E-state index is -1.65. The molecule has 0 amide bonds. The number of carbonyl (C=O) groups excluding carboxylic acids is 2. The van der Waals surface area contributed by atoms with Gasteiger partial charge in [-0.05, 0) is 6.42 Å². The molecule has 1 aliphatic carbocycles. The first-order valence-electron chi connectivity index (χ1n) is 8.46. The minimum absolute atomic E-state index is 0.124. The normalized spacial score (nSPS) is 24.2. The quantitative estimate of drug-likeness (QED) is 0.727. The summed E-state index contributed by atoms with van der Waals surface area (Å²) < 4.78 is 22.1. The number of hydrogen-bond acceptors (Lipinski definition) is 6. The molecule has 0 aromatic heterocycles. The molecule has 1 spiro atoms. The molecule has 0 saturated heterocycles. The third-order valence-electron chi connectivity index (χ3n) is 4.77. The lowest BCUT2D eigenvalue weighted by Gasteiger charge is -2.34. The molecule has 0 saturated carbocycles. The predicted octanol–water partition coefficient (Wildman–Crippen LogP) is 3.59. The lowest BCUT2D eigenvalue weighted by molar-refractivity contribution is -0.129. The predicted molar refractivity (Wildman–Crippen MR) is 95.4 cm³/mol. The molecule has 1 aromatic carbocycles. The number of halogens is 1. The highest BCUT2D eigenvalue weighted by atomic mass is 35.5. The molecule has 2 aliphatic rings. The van der Waals surface area contributed by atoms with E-state index < -0.39 is 23.1 Å². The Morgan fingerprint density at radius 3 is 2.54 bits per heavy atom. The maximum absolute atomic E-state index is 13.3. The van der Waals surface area contributed by atoms with Gasteiger partial charge in [-0.2, -0.15) is 0 Å². The van der Waals surface area contributed by atoms with Gasteiger partial charge in [-0.25, -0.2) is 0 Å². The fourth-order valence-corrected chi connectivity index (χ4v) is 3.69. The number of methoxy groups -OCH3 is 2. The van der Waals surface area contributed by atoms with Crippen molar-refractivity contribution >= 4 is 23.2 Å². The van der Waals surface area contributed by atoms with E-state index in [-0.39, 0.29) is 22.1 Å². The van der Waals surface area contributed by atoms with Gasteiger partial charge in [0.1, 0.15) is 27.8 Å². The second-order valence-electron chi connectivity index (χ2n) is 6.39. The minimum Gasteiger partial charge on any atom is -0.498 e. The summed E-state index contributed by atoms with van der Waals surface area (Å²) in [5.74, 6) is -0.0422. The summed E-state index contributed by atoms with van der Waals surface area (Å²) in [7, 11) is 2.89. The van der Waals surface area contributed by atoms with Crippen LogP contribution in [0.25, 0.3) is 0 Å². The number of fused-ring (bicyclic) bond motifs is 1.